The van der Waals surface area contributed by atoms with E-state index in [1.54, 1.807) is 0 Å². The normalized spacial score (nSPS) is 16.3. The van der Waals surface area contributed by atoms with Gasteiger partial charge in [-0.1, -0.05) is 17.7 Å². The van der Waals surface area contributed by atoms with Crippen LogP contribution >= 0.6 is 0 Å². The van der Waals surface area contributed by atoms with Crippen LogP contribution in [0.2, 0.25) is 0 Å². The highest BCUT2D eigenvalue weighted by Crippen LogP contribution is 2.23. The predicted octanol–water partition coefficient (Wildman–Crippen LogP) is 2.85. The fourth-order valence-electron chi connectivity index (χ4n) is 2.88. The lowest BCUT2D eigenvalue weighted by molar-refractivity contribution is 0.143. The summed E-state index contributed by atoms with van der Waals surface area (Å²) in [6.45, 7) is 7.78. The van der Waals surface area contributed by atoms with Crippen LogP contribution in [0.3, 0.4) is 0 Å². The molecular formula is C16H24N2O2. The van der Waals surface area contributed by atoms with Crippen molar-refractivity contribution in [3.05, 3.63) is 28.8 Å². The summed E-state index contributed by atoms with van der Waals surface area (Å²) in [6, 6.07) is 4.14. The lowest BCUT2D eigenvalue weighted by Gasteiger charge is -2.31. The second-order valence-corrected chi connectivity index (χ2v) is 5.82. The van der Waals surface area contributed by atoms with E-state index in [0.717, 1.165) is 42.7 Å². The molecule has 2 amide bonds. The molecule has 0 radical (unpaired) electrons. The topological polar surface area (TPSA) is 52.6 Å². The first-order valence-corrected chi connectivity index (χ1v) is 7.26. The number of aliphatic hydroxyl groups excluding tert-OH is 1. The Balaban J connectivity index is 2.02. The molecule has 0 saturated carbocycles. The average molecular weight is 276 g/mol. The number of carbonyl (C=O) groups excluding carboxylic acids is 1. The van der Waals surface area contributed by atoms with Crippen molar-refractivity contribution in [1.29, 1.82) is 0 Å². The van der Waals surface area contributed by atoms with E-state index in [1.165, 1.54) is 5.56 Å². The van der Waals surface area contributed by atoms with Gasteiger partial charge in [0, 0.05) is 25.4 Å². The number of hydrogen-bond acceptors (Lipinski definition) is 2. The van der Waals surface area contributed by atoms with Crippen LogP contribution in [0.4, 0.5) is 10.5 Å². The van der Waals surface area contributed by atoms with Gasteiger partial charge in [-0.3, -0.25) is 0 Å². The molecule has 1 saturated heterocycles. The molecule has 0 unspecified atom stereocenters. The fourth-order valence-corrected chi connectivity index (χ4v) is 2.88. The molecule has 0 atom stereocenters. The van der Waals surface area contributed by atoms with E-state index in [0.29, 0.717) is 5.92 Å². The minimum absolute atomic E-state index is 0.0311. The zero-order chi connectivity index (χ0) is 14.7. The molecule has 1 aliphatic heterocycles. The summed E-state index contributed by atoms with van der Waals surface area (Å²) in [5.41, 5.74) is 4.33. The van der Waals surface area contributed by atoms with Crippen molar-refractivity contribution in [2.45, 2.75) is 33.6 Å². The minimum atomic E-state index is -0.0311. The zero-order valence-electron chi connectivity index (χ0n) is 12.6. The molecule has 4 heteroatoms. The van der Waals surface area contributed by atoms with Crippen molar-refractivity contribution in [1.82, 2.24) is 4.90 Å². The summed E-state index contributed by atoms with van der Waals surface area (Å²) in [5.74, 6) is 0.349. The number of rotatable bonds is 2. The molecule has 1 aromatic rings. The molecule has 0 bridgehead atoms. The predicted molar refractivity (Wildman–Crippen MR) is 81.1 cm³/mol. The van der Waals surface area contributed by atoms with E-state index in [4.69, 9.17) is 5.11 Å². The fraction of sp³-hybridized carbons (Fsp3) is 0.562. The molecule has 2 rings (SSSR count). The highest BCUT2D eigenvalue weighted by atomic mass is 16.3. The van der Waals surface area contributed by atoms with Gasteiger partial charge in [-0.05, 0) is 50.7 Å². The molecule has 1 aromatic carbocycles. The van der Waals surface area contributed by atoms with Gasteiger partial charge in [0.25, 0.3) is 0 Å². The van der Waals surface area contributed by atoms with E-state index in [1.807, 2.05) is 18.7 Å². The number of amides is 2. The molecule has 1 heterocycles. The molecule has 2 N–H and O–H groups in total. The monoisotopic (exact) mass is 276 g/mol. The van der Waals surface area contributed by atoms with E-state index in [2.05, 4.69) is 24.4 Å². The van der Waals surface area contributed by atoms with Gasteiger partial charge in [-0.2, -0.15) is 0 Å². The van der Waals surface area contributed by atoms with E-state index < -0.39 is 0 Å². The van der Waals surface area contributed by atoms with Crippen LogP contribution in [0.15, 0.2) is 12.1 Å². The average Bonchev–Trinajstić information content (AvgIpc) is 2.42. The van der Waals surface area contributed by atoms with Gasteiger partial charge in [-0.15, -0.1) is 0 Å². The molecule has 20 heavy (non-hydrogen) atoms. The number of likely N-dealkylation sites (tertiary alicyclic amines) is 1. The molecule has 110 valence electrons. The second kappa shape index (κ2) is 6.27. The number of piperidine rings is 1. The zero-order valence-corrected chi connectivity index (χ0v) is 12.6. The van der Waals surface area contributed by atoms with Crippen molar-refractivity contribution >= 4 is 11.7 Å². The summed E-state index contributed by atoms with van der Waals surface area (Å²) in [5, 5.41) is 12.2. The Morgan fingerprint density at radius 1 is 1.25 bits per heavy atom. The van der Waals surface area contributed by atoms with Gasteiger partial charge in [-0.25, -0.2) is 4.79 Å². The van der Waals surface area contributed by atoms with Crippen molar-refractivity contribution in [3.8, 4) is 0 Å². The van der Waals surface area contributed by atoms with Gasteiger partial charge in [0.05, 0.1) is 0 Å². The van der Waals surface area contributed by atoms with Crippen LogP contribution in [0.25, 0.3) is 0 Å². The van der Waals surface area contributed by atoms with Gasteiger partial charge in [0.2, 0.25) is 0 Å². The number of urea groups is 1. The maximum absolute atomic E-state index is 12.3. The van der Waals surface area contributed by atoms with Gasteiger partial charge in [0.1, 0.15) is 0 Å². The SMILES string of the molecule is Cc1cc(C)c(NC(=O)N2CCC(CO)CC2)c(C)c1. The maximum atomic E-state index is 12.3. The highest BCUT2D eigenvalue weighted by molar-refractivity contribution is 5.91. The van der Waals surface area contributed by atoms with Crippen LogP contribution in [-0.2, 0) is 0 Å². The third-order valence-electron chi connectivity index (χ3n) is 4.07. The Bertz CT molecular complexity index is 468. The third kappa shape index (κ3) is 3.31. The van der Waals surface area contributed by atoms with Crippen molar-refractivity contribution in [2.75, 3.05) is 25.0 Å². The van der Waals surface area contributed by atoms with Crippen molar-refractivity contribution < 1.29 is 9.90 Å². The summed E-state index contributed by atoms with van der Waals surface area (Å²) < 4.78 is 0. The molecular weight excluding hydrogens is 252 g/mol. The lowest BCUT2D eigenvalue weighted by atomic mass is 9.98. The maximum Gasteiger partial charge on any atom is 0.321 e. The Morgan fingerprint density at radius 3 is 2.30 bits per heavy atom. The van der Waals surface area contributed by atoms with Gasteiger partial charge in [0.15, 0.2) is 0 Å². The number of aliphatic hydroxyl groups is 1. The van der Waals surface area contributed by atoms with Crippen LogP contribution < -0.4 is 5.32 Å². The number of carbonyl (C=O) groups is 1. The van der Waals surface area contributed by atoms with E-state index >= 15 is 0 Å². The lowest BCUT2D eigenvalue weighted by Crippen LogP contribution is -2.41. The highest BCUT2D eigenvalue weighted by Gasteiger charge is 2.22. The Labute approximate surface area is 120 Å². The molecule has 0 aliphatic carbocycles. The van der Waals surface area contributed by atoms with Crippen molar-refractivity contribution in [2.24, 2.45) is 5.92 Å². The number of aryl methyl sites for hydroxylation is 3. The number of nitrogens with zero attached hydrogens (tertiary/aromatic N) is 1. The molecule has 4 nitrogen and oxygen atoms in total. The van der Waals surface area contributed by atoms with Crippen LogP contribution in [0.5, 0.6) is 0 Å². The molecule has 1 aliphatic rings. The van der Waals surface area contributed by atoms with Crippen LogP contribution in [0, 0.1) is 26.7 Å². The van der Waals surface area contributed by atoms with Gasteiger partial charge < -0.3 is 15.3 Å². The summed E-state index contributed by atoms with van der Waals surface area (Å²) in [6.07, 6.45) is 1.77. The van der Waals surface area contributed by atoms with E-state index in [-0.39, 0.29) is 12.6 Å². The smallest absolute Gasteiger partial charge is 0.321 e. The number of nitrogens with one attached hydrogen (secondary N) is 1. The largest absolute Gasteiger partial charge is 0.396 e. The summed E-state index contributed by atoms with van der Waals surface area (Å²) >= 11 is 0. The third-order valence-corrected chi connectivity index (χ3v) is 4.07. The number of anilines is 1. The van der Waals surface area contributed by atoms with Crippen molar-refractivity contribution in [3.63, 3.8) is 0 Å². The Hall–Kier alpha value is -1.55. The first-order valence-electron chi connectivity index (χ1n) is 7.26. The summed E-state index contributed by atoms with van der Waals surface area (Å²) in [7, 11) is 0. The number of hydrogen-bond donors (Lipinski definition) is 2. The first kappa shape index (κ1) is 14.9. The quantitative estimate of drug-likeness (QED) is 0.872. The Morgan fingerprint density at radius 2 is 1.80 bits per heavy atom. The van der Waals surface area contributed by atoms with Crippen LogP contribution in [0.1, 0.15) is 29.5 Å². The van der Waals surface area contributed by atoms with Gasteiger partial charge >= 0.3 is 6.03 Å². The first-order chi connectivity index (χ1) is 9.51. The molecule has 0 spiro atoms. The molecule has 1 fully saturated rings. The Kier molecular flexibility index (Phi) is 4.65. The van der Waals surface area contributed by atoms with E-state index in [9.17, 15) is 4.79 Å². The number of benzene rings is 1. The molecule has 0 aromatic heterocycles. The second-order valence-electron chi connectivity index (χ2n) is 5.82. The minimum Gasteiger partial charge on any atom is -0.396 e. The standard InChI is InChI=1S/C16H24N2O2/c1-11-8-12(2)15(13(3)9-11)17-16(20)18-6-4-14(10-19)5-7-18/h8-9,14,19H,4-7,10H2,1-3H3,(H,17,20). The summed E-state index contributed by atoms with van der Waals surface area (Å²) in [4.78, 5) is 14.1. The van der Waals surface area contributed by atoms with Crippen LogP contribution in [-0.4, -0.2) is 35.7 Å².